The third-order valence-electron chi connectivity index (χ3n) is 2.68. The third kappa shape index (κ3) is 3.96. The maximum absolute atomic E-state index is 8.65. The monoisotopic (exact) mass is 290 g/mol. The van der Waals surface area contributed by atoms with Gasteiger partial charge in [0.1, 0.15) is 11.6 Å². The molecule has 1 aromatic rings. The second kappa shape index (κ2) is 6.16. The summed E-state index contributed by atoms with van der Waals surface area (Å²) in [4.78, 5) is 0. The molecule has 0 radical (unpaired) electrons. The number of ether oxygens (including phenoxy) is 1. The number of hydrogen-bond donors (Lipinski definition) is 2. The summed E-state index contributed by atoms with van der Waals surface area (Å²) in [6, 6.07) is 5.02. The smallest absolute Gasteiger partial charge is 0.144 e. The predicted molar refractivity (Wildman–Crippen MR) is 73.8 cm³/mol. The van der Waals surface area contributed by atoms with Gasteiger partial charge in [0.05, 0.1) is 11.6 Å². The Morgan fingerprint density at radius 1 is 1.44 bits per heavy atom. The zero-order chi connectivity index (χ0) is 13.8. The molecule has 4 nitrogen and oxygen atoms in total. The molecule has 6 heteroatoms. The van der Waals surface area contributed by atoms with Crippen molar-refractivity contribution in [3.63, 3.8) is 0 Å². The Morgan fingerprint density at radius 2 is 2.11 bits per heavy atom. The van der Waals surface area contributed by atoms with E-state index in [1.165, 1.54) is 0 Å². The minimum absolute atomic E-state index is 0.170. The lowest BCUT2D eigenvalue weighted by Gasteiger charge is -2.22. The second-order valence-electron chi connectivity index (χ2n) is 4.54. The number of nitrogens with zero attached hydrogens (tertiary/aromatic N) is 1. The zero-order valence-corrected chi connectivity index (χ0v) is 11.8. The van der Waals surface area contributed by atoms with Crippen molar-refractivity contribution < 1.29 is 9.94 Å². The quantitative estimate of drug-likeness (QED) is 0.377. The van der Waals surface area contributed by atoms with Crippen molar-refractivity contribution in [2.24, 2.45) is 16.3 Å². The lowest BCUT2D eigenvalue weighted by atomic mass is 9.88. The van der Waals surface area contributed by atoms with Crippen LogP contribution in [0.25, 0.3) is 0 Å². The Labute approximate surface area is 116 Å². The van der Waals surface area contributed by atoms with Crippen molar-refractivity contribution in [2.75, 3.05) is 6.61 Å². The predicted octanol–water partition coefficient (Wildman–Crippen LogP) is 3.53. The van der Waals surface area contributed by atoms with Gasteiger partial charge in [0.2, 0.25) is 0 Å². The summed E-state index contributed by atoms with van der Waals surface area (Å²) < 4.78 is 5.54. The second-order valence-corrected chi connectivity index (χ2v) is 5.39. The van der Waals surface area contributed by atoms with E-state index in [4.69, 9.17) is 38.9 Å². The standard InChI is InChI=1S/C12H16Cl2N2O2/c1-12(2,11(15)16-17)5-6-18-10-7-8(13)3-4-9(10)14/h3-4,7,17H,5-6H2,1-2H3,(H2,15,16). The Kier molecular flexibility index (Phi) is 5.11. The van der Waals surface area contributed by atoms with Crippen LogP contribution in [0.15, 0.2) is 23.4 Å². The van der Waals surface area contributed by atoms with Crippen LogP contribution in [0.4, 0.5) is 0 Å². The first-order chi connectivity index (χ1) is 8.36. The van der Waals surface area contributed by atoms with Gasteiger partial charge in [-0.1, -0.05) is 42.2 Å². The van der Waals surface area contributed by atoms with Gasteiger partial charge in [0.15, 0.2) is 0 Å². The first kappa shape index (κ1) is 14.9. The van der Waals surface area contributed by atoms with Gasteiger partial charge in [-0.2, -0.15) is 0 Å². The third-order valence-corrected chi connectivity index (χ3v) is 3.23. The number of oxime groups is 1. The number of halogens is 2. The average Bonchev–Trinajstić information content (AvgIpc) is 2.32. The summed E-state index contributed by atoms with van der Waals surface area (Å²) in [5.74, 6) is 0.697. The Bertz CT molecular complexity index is 448. The SMILES string of the molecule is CC(C)(CCOc1cc(Cl)ccc1Cl)C(N)=NO. The molecule has 0 unspecified atom stereocenters. The van der Waals surface area contributed by atoms with Crippen LogP contribution >= 0.6 is 23.2 Å². The lowest BCUT2D eigenvalue weighted by molar-refractivity contribution is 0.259. The molecule has 100 valence electrons. The molecular weight excluding hydrogens is 275 g/mol. The van der Waals surface area contributed by atoms with Gasteiger partial charge in [-0.25, -0.2) is 0 Å². The van der Waals surface area contributed by atoms with Crippen LogP contribution in [0.1, 0.15) is 20.3 Å². The Hall–Kier alpha value is -1.13. The lowest BCUT2D eigenvalue weighted by Crippen LogP contribution is -2.33. The molecule has 0 heterocycles. The summed E-state index contributed by atoms with van der Waals surface area (Å²) in [5.41, 5.74) is 5.14. The molecule has 0 bridgehead atoms. The average molecular weight is 291 g/mol. The van der Waals surface area contributed by atoms with Crippen LogP contribution < -0.4 is 10.5 Å². The fourth-order valence-corrected chi connectivity index (χ4v) is 1.60. The maximum Gasteiger partial charge on any atom is 0.144 e. The van der Waals surface area contributed by atoms with E-state index < -0.39 is 5.41 Å². The summed E-state index contributed by atoms with van der Waals surface area (Å²) in [7, 11) is 0. The van der Waals surface area contributed by atoms with Crippen molar-refractivity contribution in [3.8, 4) is 5.75 Å². The van der Waals surface area contributed by atoms with Crippen LogP contribution in [-0.2, 0) is 0 Å². The summed E-state index contributed by atoms with van der Waals surface area (Å²) >= 11 is 11.8. The first-order valence-corrected chi connectivity index (χ1v) is 6.18. The number of amidine groups is 1. The minimum atomic E-state index is -0.445. The van der Waals surface area contributed by atoms with E-state index in [1.807, 2.05) is 13.8 Å². The van der Waals surface area contributed by atoms with Crippen molar-refractivity contribution in [3.05, 3.63) is 28.2 Å². The summed E-state index contributed by atoms with van der Waals surface area (Å²) in [6.45, 7) is 4.12. The number of rotatable bonds is 5. The van der Waals surface area contributed by atoms with Gasteiger partial charge in [-0.3, -0.25) is 0 Å². The summed E-state index contributed by atoms with van der Waals surface area (Å²) in [6.07, 6.45) is 0.589. The molecule has 0 aromatic heterocycles. The van der Waals surface area contributed by atoms with Gasteiger partial charge in [0, 0.05) is 16.5 Å². The van der Waals surface area contributed by atoms with Gasteiger partial charge in [0.25, 0.3) is 0 Å². The van der Waals surface area contributed by atoms with E-state index in [-0.39, 0.29) is 5.84 Å². The van der Waals surface area contributed by atoms with E-state index in [1.54, 1.807) is 18.2 Å². The van der Waals surface area contributed by atoms with Crippen LogP contribution in [0, 0.1) is 5.41 Å². The molecule has 1 rings (SSSR count). The molecule has 0 aliphatic heterocycles. The Balaban J connectivity index is 2.59. The van der Waals surface area contributed by atoms with E-state index in [0.717, 1.165) is 0 Å². The Morgan fingerprint density at radius 3 is 2.72 bits per heavy atom. The number of nitrogens with two attached hydrogens (primary N) is 1. The highest BCUT2D eigenvalue weighted by Crippen LogP contribution is 2.29. The molecule has 0 amide bonds. The summed E-state index contributed by atoms with van der Waals surface area (Å²) in [5, 5.41) is 12.7. The van der Waals surface area contributed by atoms with Gasteiger partial charge >= 0.3 is 0 Å². The van der Waals surface area contributed by atoms with Crippen molar-refractivity contribution >= 4 is 29.0 Å². The molecule has 0 saturated heterocycles. The fourth-order valence-electron chi connectivity index (χ4n) is 1.27. The normalized spacial score (nSPS) is 12.6. The van der Waals surface area contributed by atoms with Crippen LogP contribution in [0.5, 0.6) is 5.75 Å². The molecule has 0 spiro atoms. The van der Waals surface area contributed by atoms with Gasteiger partial charge < -0.3 is 15.7 Å². The molecule has 0 aliphatic rings. The van der Waals surface area contributed by atoms with E-state index in [2.05, 4.69) is 5.16 Å². The van der Waals surface area contributed by atoms with Crippen LogP contribution in [0.2, 0.25) is 10.0 Å². The van der Waals surface area contributed by atoms with Gasteiger partial charge in [-0.05, 0) is 18.6 Å². The number of hydrogen-bond acceptors (Lipinski definition) is 3. The first-order valence-electron chi connectivity index (χ1n) is 5.42. The topological polar surface area (TPSA) is 67.8 Å². The van der Waals surface area contributed by atoms with Crippen molar-refractivity contribution in [1.82, 2.24) is 0 Å². The van der Waals surface area contributed by atoms with Crippen LogP contribution in [-0.4, -0.2) is 17.6 Å². The maximum atomic E-state index is 8.65. The number of benzene rings is 1. The minimum Gasteiger partial charge on any atom is -0.492 e. The largest absolute Gasteiger partial charge is 0.492 e. The van der Waals surface area contributed by atoms with E-state index >= 15 is 0 Å². The van der Waals surface area contributed by atoms with Crippen LogP contribution in [0.3, 0.4) is 0 Å². The van der Waals surface area contributed by atoms with E-state index in [0.29, 0.717) is 28.8 Å². The molecule has 0 aliphatic carbocycles. The molecule has 0 fully saturated rings. The highest BCUT2D eigenvalue weighted by atomic mass is 35.5. The van der Waals surface area contributed by atoms with E-state index in [9.17, 15) is 0 Å². The molecule has 18 heavy (non-hydrogen) atoms. The molecule has 0 atom stereocenters. The highest BCUT2D eigenvalue weighted by molar-refractivity contribution is 6.34. The molecular formula is C12H16Cl2N2O2. The highest BCUT2D eigenvalue weighted by Gasteiger charge is 2.23. The van der Waals surface area contributed by atoms with Crippen molar-refractivity contribution in [2.45, 2.75) is 20.3 Å². The molecule has 0 saturated carbocycles. The molecule has 1 aromatic carbocycles. The van der Waals surface area contributed by atoms with Gasteiger partial charge in [-0.15, -0.1) is 0 Å². The fraction of sp³-hybridized carbons (Fsp3) is 0.417. The molecule has 3 N–H and O–H groups in total. The van der Waals surface area contributed by atoms with Crippen molar-refractivity contribution in [1.29, 1.82) is 0 Å². The zero-order valence-electron chi connectivity index (χ0n) is 10.3.